The van der Waals surface area contributed by atoms with Crippen molar-refractivity contribution in [1.29, 1.82) is 0 Å². The van der Waals surface area contributed by atoms with Crippen LogP contribution in [0.3, 0.4) is 0 Å². The van der Waals surface area contributed by atoms with Crippen LogP contribution in [0.5, 0.6) is 0 Å². The molecule has 0 unspecified atom stereocenters. The van der Waals surface area contributed by atoms with Crippen LogP contribution in [0.2, 0.25) is 0 Å². The van der Waals surface area contributed by atoms with Crippen LogP contribution in [0.25, 0.3) is 142 Å². The zero-order valence-electron chi connectivity index (χ0n) is 37.1. The molecular weight excluding hydrogens is 836 g/mol. The molecule has 11 aromatic carbocycles. The second-order valence-corrected chi connectivity index (χ2v) is 19.1. The first-order valence-corrected chi connectivity index (χ1v) is 23.9. The number of pyridine rings is 2. The van der Waals surface area contributed by atoms with E-state index in [1.54, 1.807) is 0 Å². The van der Waals surface area contributed by atoms with Gasteiger partial charge in [0.25, 0.3) is 6.71 Å². The van der Waals surface area contributed by atoms with Crippen LogP contribution < -0.4 is 16.4 Å². The molecular formula is C64H35BN4. The smallest absolute Gasteiger partial charge is 0.253 e. The van der Waals surface area contributed by atoms with E-state index in [1.165, 1.54) is 136 Å². The number of rotatable bonds is 2. The Hall–Kier alpha value is -9.06. The predicted molar refractivity (Wildman–Crippen MR) is 291 cm³/mol. The summed E-state index contributed by atoms with van der Waals surface area (Å²) in [6.07, 6.45) is 3.81. The average Bonchev–Trinajstić information content (AvgIpc) is 3.94. The average molecular weight is 871 g/mol. The molecule has 4 aromatic heterocycles. The van der Waals surface area contributed by atoms with Crippen molar-refractivity contribution < 1.29 is 0 Å². The van der Waals surface area contributed by atoms with Gasteiger partial charge in [-0.25, -0.2) is 0 Å². The molecule has 4 nitrogen and oxygen atoms in total. The van der Waals surface area contributed by atoms with Crippen LogP contribution in [0.1, 0.15) is 0 Å². The van der Waals surface area contributed by atoms with E-state index in [1.807, 2.05) is 24.5 Å². The summed E-state index contributed by atoms with van der Waals surface area (Å²) in [4.78, 5) is 9.83. The van der Waals surface area contributed by atoms with Gasteiger partial charge in [-0.3, -0.25) is 9.97 Å². The van der Waals surface area contributed by atoms with E-state index >= 15 is 0 Å². The van der Waals surface area contributed by atoms with Crippen molar-refractivity contribution in [2.75, 3.05) is 0 Å². The lowest BCUT2D eigenvalue weighted by Gasteiger charge is -2.35. The Morgan fingerprint density at radius 1 is 0.304 bits per heavy atom. The third-order valence-corrected chi connectivity index (χ3v) is 15.9. The summed E-state index contributed by atoms with van der Waals surface area (Å²) in [5.41, 5.74) is 15.6. The van der Waals surface area contributed by atoms with Crippen molar-refractivity contribution in [2.24, 2.45) is 0 Å². The van der Waals surface area contributed by atoms with E-state index < -0.39 is 0 Å². The summed E-state index contributed by atoms with van der Waals surface area (Å²) in [6, 6.07) is 74.9. The van der Waals surface area contributed by atoms with Crippen molar-refractivity contribution >= 4 is 131 Å². The van der Waals surface area contributed by atoms with E-state index in [2.05, 4.69) is 197 Å². The summed E-state index contributed by atoms with van der Waals surface area (Å²) in [5.74, 6) is 0. The summed E-state index contributed by atoms with van der Waals surface area (Å²) >= 11 is 0. The van der Waals surface area contributed by atoms with Crippen molar-refractivity contribution in [1.82, 2.24) is 19.1 Å². The van der Waals surface area contributed by atoms with Crippen LogP contribution in [0.15, 0.2) is 213 Å². The zero-order chi connectivity index (χ0) is 44.6. The lowest BCUT2D eigenvalue weighted by molar-refractivity contribution is 1.15. The van der Waals surface area contributed by atoms with Gasteiger partial charge in [0.15, 0.2) is 0 Å². The summed E-state index contributed by atoms with van der Waals surface area (Å²) in [5, 5.41) is 20.4. The summed E-state index contributed by atoms with van der Waals surface area (Å²) < 4.78 is 5.27. The number of nitrogens with zero attached hydrogens (tertiary/aromatic N) is 4. The van der Waals surface area contributed by atoms with Gasteiger partial charge < -0.3 is 9.13 Å². The number of benzene rings is 11. The van der Waals surface area contributed by atoms with Gasteiger partial charge in [0.05, 0.1) is 27.9 Å². The maximum absolute atomic E-state index is 5.01. The van der Waals surface area contributed by atoms with Crippen molar-refractivity contribution in [3.63, 3.8) is 0 Å². The molecule has 2 aliphatic heterocycles. The van der Waals surface area contributed by atoms with E-state index in [4.69, 9.17) is 9.97 Å². The van der Waals surface area contributed by atoms with Gasteiger partial charge in [-0.2, -0.15) is 0 Å². The first kappa shape index (κ1) is 36.1. The van der Waals surface area contributed by atoms with E-state index in [0.717, 1.165) is 22.5 Å². The molecule has 2 aliphatic rings. The van der Waals surface area contributed by atoms with Crippen LogP contribution in [-0.2, 0) is 0 Å². The molecule has 69 heavy (non-hydrogen) atoms. The Labute approximate surface area is 395 Å². The van der Waals surface area contributed by atoms with Gasteiger partial charge in [-0.15, -0.1) is 0 Å². The minimum Gasteiger partial charge on any atom is -0.310 e. The highest BCUT2D eigenvalue weighted by atomic mass is 15.0. The van der Waals surface area contributed by atoms with E-state index in [9.17, 15) is 0 Å². The maximum Gasteiger partial charge on any atom is 0.253 e. The molecule has 0 bridgehead atoms. The Morgan fingerprint density at radius 3 is 1.48 bits per heavy atom. The van der Waals surface area contributed by atoms with Crippen LogP contribution in [0.4, 0.5) is 0 Å². The topological polar surface area (TPSA) is 35.6 Å². The van der Waals surface area contributed by atoms with Crippen LogP contribution >= 0.6 is 0 Å². The largest absolute Gasteiger partial charge is 0.310 e. The van der Waals surface area contributed by atoms with Gasteiger partial charge >= 0.3 is 0 Å². The normalized spacial score (nSPS) is 12.9. The Kier molecular flexibility index (Phi) is 6.74. The van der Waals surface area contributed by atoms with Gasteiger partial charge in [0.1, 0.15) is 0 Å². The van der Waals surface area contributed by atoms with E-state index in [-0.39, 0.29) is 6.71 Å². The molecule has 6 heterocycles. The molecule has 5 heteroatoms. The molecule has 0 N–H and O–H groups in total. The molecule has 0 saturated heterocycles. The maximum atomic E-state index is 5.01. The monoisotopic (exact) mass is 870 g/mol. The van der Waals surface area contributed by atoms with E-state index in [0.29, 0.717) is 0 Å². The number of fused-ring (bicyclic) bond motifs is 24. The highest BCUT2D eigenvalue weighted by Gasteiger charge is 2.43. The summed E-state index contributed by atoms with van der Waals surface area (Å²) in [7, 11) is 0. The molecule has 0 spiro atoms. The van der Waals surface area contributed by atoms with Crippen molar-refractivity contribution in [3.05, 3.63) is 213 Å². The fourth-order valence-corrected chi connectivity index (χ4v) is 13.3. The highest BCUT2D eigenvalue weighted by molar-refractivity contribution is 7.02. The second kappa shape index (κ2) is 12.9. The van der Waals surface area contributed by atoms with Gasteiger partial charge in [0, 0.05) is 67.3 Å². The third-order valence-electron chi connectivity index (χ3n) is 15.9. The minimum absolute atomic E-state index is 0.106. The summed E-state index contributed by atoms with van der Waals surface area (Å²) in [6.45, 7) is -0.106. The third kappa shape index (κ3) is 4.46. The molecule has 0 amide bonds. The van der Waals surface area contributed by atoms with Crippen molar-refractivity contribution in [3.8, 4) is 33.9 Å². The second-order valence-electron chi connectivity index (χ2n) is 19.1. The molecule has 314 valence electrons. The molecule has 0 fully saturated rings. The molecule has 15 aromatic rings. The molecule has 0 atom stereocenters. The molecule has 17 rings (SSSR count). The highest BCUT2D eigenvalue weighted by Crippen LogP contribution is 2.48. The van der Waals surface area contributed by atoms with Crippen LogP contribution in [-0.4, -0.2) is 25.8 Å². The Balaban J connectivity index is 1.14. The molecule has 0 saturated carbocycles. The lowest BCUT2D eigenvalue weighted by atomic mass is 9.33. The fourth-order valence-electron chi connectivity index (χ4n) is 13.3. The molecule has 0 radical (unpaired) electrons. The van der Waals surface area contributed by atoms with Gasteiger partial charge in [0.2, 0.25) is 0 Å². The number of aromatic nitrogens is 4. The molecule has 0 aliphatic carbocycles. The predicted octanol–water partition coefficient (Wildman–Crippen LogP) is 14.1. The quantitative estimate of drug-likeness (QED) is 0.128. The van der Waals surface area contributed by atoms with Gasteiger partial charge in [-0.1, -0.05) is 140 Å². The zero-order valence-corrected chi connectivity index (χ0v) is 37.1. The number of hydrogen-bond donors (Lipinski definition) is 0. The standard InChI is InChI=1S/C64H35BN4/c1-3-18-42-38(14-1)41-17-6-8-21-45(41)59-46(42)27-28-47-51-35-49-43-19-4-2-15-39(43)40-16-5-7-20-44(40)58(49)61-64(51)69(63(47)59)57-25-13-24-56-60(57)65(61)52-34-37(54-23-10-12-31-67-54)33-50-48-32-36(53-22-9-11-30-66-53)26-29-55(48)68(56)62(50)52/h1-35H. The first-order chi connectivity index (χ1) is 34.3. The Bertz CT molecular complexity index is 4800. The number of hydrogen-bond acceptors (Lipinski definition) is 2. The van der Waals surface area contributed by atoms with Crippen molar-refractivity contribution in [2.45, 2.75) is 0 Å². The fraction of sp³-hybridized carbons (Fsp3) is 0. The Morgan fingerprint density at radius 2 is 0.826 bits per heavy atom. The lowest BCUT2D eigenvalue weighted by Crippen LogP contribution is -2.59. The minimum atomic E-state index is -0.106. The SMILES string of the molecule is c1ccc(-c2ccc3c(c2)c2cc(-c4ccccn4)cc4c2n3-c2cccc3c2B4c2c4c5ccccc5c5ccccc5c4cc4c5ccc6c7ccccc7c7ccccc7c6c5n-3c24)nc1. The first-order valence-electron chi connectivity index (χ1n) is 23.9. The van der Waals surface area contributed by atoms with Gasteiger partial charge in [-0.05, 0) is 136 Å². The van der Waals surface area contributed by atoms with Crippen LogP contribution in [0, 0.1) is 0 Å².